The number of aliphatic imine (C=N–C) groups is 1. The summed E-state index contributed by atoms with van der Waals surface area (Å²) in [5.74, 6) is 2.36. The molecule has 0 unspecified atom stereocenters. The van der Waals surface area contributed by atoms with Crippen LogP contribution in [0, 0.1) is 5.92 Å². The normalized spacial score (nSPS) is 20.8. The zero-order chi connectivity index (χ0) is 21.8. The highest BCUT2D eigenvalue weighted by atomic mass is 16.1. The van der Waals surface area contributed by atoms with Gasteiger partial charge in [-0.05, 0) is 37.0 Å². The summed E-state index contributed by atoms with van der Waals surface area (Å²) in [6.07, 6.45) is 7.30. The van der Waals surface area contributed by atoms with Gasteiger partial charge in [-0.2, -0.15) is 0 Å². The summed E-state index contributed by atoms with van der Waals surface area (Å²) in [7, 11) is 0. The first-order chi connectivity index (χ1) is 15.0. The fourth-order valence-electron chi connectivity index (χ4n) is 3.83. The van der Waals surface area contributed by atoms with Crippen LogP contribution in [0.3, 0.4) is 0 Å². The molecular formula is C21H27N9O. The third-order valence-electron chi connectivity index (χ3n) is 5.52. The van der Waals surface area contributed by atoms with E-state index < -0.39 is 5.91 Å². The van der Waals surface area contributed by atoms with Crippen LogP contribution in [0.4, 0.5) is 23.1 Å². The second kappa shape index (κ2) is 8.99. The fraction of sp³-hybridized carbons (Fsp3) is 0.381. The van der Waals surface area contributed by atoms with Crippen LogP contribution < -0.4 is 27.0 Å². The van der Waals surface area contributed by atoms with Gasteiger partial charge in [-0.3, -0.25) is 9.79 Å². The monoisotopic (exact) mass is 421 g/mol. The van der Waals surface area contributed by atoms with Crippen molar-refractivity contribution in [2.45, 2.75) is 25.8 Å². The van der Waals surface area contributed by atoms with E-state index in [0.717, 1.165) is 44.1 Å². The van der Waals surface area contributed by atoms with Crippen molar-refractivity contribution in [2.24, 2.45) is 16.6 Å². The molecule has 4 heterocycles. The van der Waals surface area contributed by atoms with Crippen molar-refractivity contribution in [3.8, 4) is 0 Å². The number of hydrogen-bond donors (Lipinski definition) is 4. The van der Waals surface area contributed by atoms with Crippen molar-refractivity contribution in [3.05, 3.63) is 42.1 Å². The Bertz CT molecular complexity index is 1000. The Kier molecular flexibility index (Phi) is 5.96. The number of nitrogens with zero attached hydrogens (tertiary/aromatic N) is 5. The van der Waals surface area contributed by atoms with Crippen molar-refractivity contribution in [2.75, 3.05) is 40.9 Å². The lowest BCUT2D eigenvalue weighted by atomic mass is 9.93. The van der Waals surface area contributed by atoms with Crippen molar-refractivity contribution >= 4 is 34.9 Å². The Hall–Kier alpha value is -3.69. The number of nitrogen functional groups attached to an aromatic ring is 1. The van der Waals surface area contributed by atoms with E-state index in [1.54, 1.807) is 6.07 Å². The van der Waals surface area contributed by atoms with Gasteiger partial charge >= 0.3 is 0 Å². The van der Waals surface area contributed by atoms with Gasteiger partial charge in [0, 0.05) is 37.9 Å². The quantitative estimate of drug-likeness (QED) is 0.570. The van der Waals surface area contributed by atoms with Gasteiger partial charge in [0.2, 0.25) is 0 Å². The second-order valence-corrected chi connectivity index (χ2v) is 7.84. The minimum atomic E-state index is -0.515. The first kappa shape index (κ1) is 20.6. The van der Waals surface area contributed by atoms with E-state index >= 15 is 0 Å². The van der Waals surface area contributed by atoms with Gasteiger partial charge in [0.15, 0.2) is 5.82 Å². The highest BCUT2D eigenvalue weighted by Gasteiger charge is 2.28. The van der Waals surface area contributed by atoms with E-state index in [9.17, 15) is 4.79 Å². The highest BCUT2D eigenvalue weighted by Crippen LogP contribution is 2.27. The number of hydrogen-bond acceptors (Lipinski definition) is 9. The van der Waals surface area contributed by atoms with Crippen molar-refractivity contribution in [3.63, 3.8) is 0 Å². The van der Waals surface area contributed by atoms with Crippen molar-refractivity contribution < 1.29 is 4.79 Å². The summed E-state index contributed by atoms with van der Waals surface area (Å²) in [6.45, 7) is 4.53. The number of aromatic nitrogens is 3. The Morgan fingerprint density at radius 1 is 1.29 bits per heavy atom. The van der Waals surface area contributed by atoms with Crippen LogP contribution in [0.25, 0.3) is 0 Å². The summed E-state index contributed by atoms with van der Waals surface area (Å²) in [5, 5.41) is 14.8. The van der Waals surface area contributed by atoms with E-state index in [4.69, 9.17) is 11.5 Å². The zero-order valence-electron chi connectivity index (χ0n) is 17.5. The van der Waals surface area contributed by atoms with Crippen molar-refractivity contribution in [1.29, 1.82) is 0 Å². The molecule has 1 fully saturated rings. The average Bonchev–Trinajstić information content (AvgIpc) is 2.76. The maximum Gasteiger partial charge on any atom is 0.252 e. The smallest absolute Gasteiger partial charge is 0.252 e. The molecule has 10 heteroatoms. The number of pyridine rings is 1. The van der Waals surface area contributed by atoms with Crippen LogP contribution >= 0.6 is 0 Å². The van der Waals surface area contributed by atoms with Gasteiger partial charge in [-0.1, -0.05) is 13.0 Å². The summed E-state index contributed by atoms with van der Waals surface area (Å²) in [6, 6.07) is 5.62. The van der Waals surface area contributed by atoms with Crippen LogP contribution in [0.5, 0.6) is 0 Å². The number of piperidine rings is 1. The molecule has 0 aromatic carbocycles. The molecule has 0 radical (unpaired) electrons. The maximum atomic E-state index is 12.0. The molecule has 1 amide bonds. The number of primary amides is 1. The molecule has 10 nitrogen and oxygen atoms in total. The standard InChI is InChI=1S/C21H27N9O/c1-13-12-30(20-6-5-17(22)28-29-20)9-7-15(13)26-16-10-19(25-11-14(16)21(23)31)27-18-4-2-3-8-24-18/h2,4-6,10-11,13,15H,3,7-9,12H2,1H3,(H2,22,28)(H2,23,31)(H2,24,25,26,27)/t13-,15+/m0/s1. The van der Waals surface area contributed by atoms with Crippen LogP contribution in [0.1, 0.15) is 30.1 Å². The molecule has 2 aromatic heterocycles. The minimum absolute atomic E-state index is 0.165. The van der Waals surface area contributed by atoms with E-state index in [1.165, 1.54) is 6.20 Å². The Morgan fingerprint density at radius 2 is 2.16 bits per heavy atom. The largest absolute Gasteiger partial charge is 0.382 e. The molecule has 162 valence electrons. The van der Waals surface area contributed by atoms with Gasteiger partial charge in [0.25, 0.3) is 5.91 Å². The topological polar surface area (TPSA) is 147 Å². The van der Waals surface area contributed by atoms with Gasteiger partial charge in [-0.25, -0.2) is 4.98 Å². The van der Waals surface area contributed by atoms with E-state index in [-0.39, 0.29) is 6.04 Å². The lowest BCUT2D eigenvalue weighted by Gasteiger charge is -2.38. The van der Waals surface area contributed by atoms with Gasteiger partial charge < -0.3 is 27.0 Å². The molecule has 0 spiro atoms. The molecule has 2 aromatic rings. The molecule has 2 atom stereocenters. The molecule has 31 heavy (non-hydrogen) atoms. The predicted octanol–water partition coefficient (Wildman–Crippen LogP) is 1.65. The molecule has 1 saturated heterocycles. The first-order valence-corrected chi connectivity index (χ1v) is 10.4. The van der Waals surface area contributed by atoms with Crippen molar-refractivity contribution in [1.82, 2.24) is 15.2 Å². The van der Waals surface area contributed by atoms with Gasteiger partial charge in [-0.15, -0.1) is 10.2 Å². The predicted molar refractivity (Wildman–Crippen MR) is 122 cm³/mol. The molecule has 0 aliphatic carbocycles. The Balaban J connectivity index is 1.47. The number of nitrogens with one attached hydrogen (secondary N) is 2. The second-order valence-electron chi connectivity index (χ2n) is 7.84. The Labute approximate surface area is 180 Å². The van der Waals surface area contributed by atoms with Crippen LogP contribution in [0.2, 0.25) is 0 Å². The van der Waals surface area contributed by atoms with Gasteiger partial charge in [0.1, 0.15) is 17.5 Å². The third-order valence-corrected chi connectivity index (χ3v) is 5.52. The lowest BCUT2D eigenvalue weighted by Crippen LogP contribution is -2.45. The average molecular weight is 422 g/mol. The number of dihydropyridines is 1. The van der Waals surface area contributed by atoms with Crippen LogP contribution in [0.15, 0.2) is 41.5 Å². The molecule has 6 N–H and O–H groups in total. The molecule has 0 bridgehead atoms. The first-order valence-electron chi connectivity index (χ1n) is 10.4. The summed E-state index contributed by atoms with van der Waals surface area (Å²) in [5.41, 5.74) is 12.3. The molecule has 2 aliphatic heterocycles. The minimum Gasteiger partial charge on any atom is -0.382 e. The van der Waals surface area contributed by atoms with E-state index in [1.807, 2.05) is 18.2 Å². The number of carbonyl (C=O) groups excluding carboxylic acids is 1. The SMILES string of the molecule is C[C@H]1CN(c2ccc(N)nn2)CC[C@H]1Nc1cc(NC2=NCCC=C2)ncc1C(N)=O. The number of rotatable bonds is 5. The number of anilines is 4. The maximum absolute atomic E-state index is 12.0. The third kappa shape index (κ3) is 4.90. The van der Waals surface area contributed by atoms with E-state index in [2.05, 4.69) is 48.7 Å². The van der Waals surface area contributed by atoms with Crippen LogP contribution in [-0.2, 0) is 0 Å². The summed E-state index contributed by atoms with van der Waals surface area (Å²) in [4.78, 5) is 22.9. The molecule has 4 rings (SSSR count). The zero-order valence-corrected chi connectivity index (χ0v) is 17.5. The highest BCUT2D eigenvalue weighted by molar-refractivity contribution is 6.04. The summed E-state index contributed by atoms with van der Waals surface area (Å²) < 4.78 is 0. The number of amides is 1. The molecular weight excluding hydrogens is 394 g/mol. The number of nitrogens with two attached hydrogens (primary N) is 2. The summed E-state index contributed by atoms with van der Waals surface area (Å²) >= 11 is 0. The fourth-order valence-corrected chi connectivity index (χ4v) is 3.83. The molecule has 2 aliphatic rings. The van der Waals surface area contributed by atoms with Crippen LogP contribution in [-0.4, -0.2) is 52.6 Å². The molecule has 0 saturated carbocycles. The van der Waals surface area contributed by atoms with E-state index in [0.29, 0.717) is 28.8 Å². The van der Waals surface area contributed by atoms with Gasteiger partial charge in [0.05, 0.1) is 11.3 Å². The lowest BCUT2D eigenvalue weighted by molar-refractivity contribution is 0.100. The number of amidine groups is 1. The number of carbonyl (C=O) groups is 1. The Morgan fingerprint density at radius 3 is 2.84 bits per heavy atom.